The maximum atomic E-state index is 6.22. The summed E-state index contributed by atoms with van der Waals surface area (Å²) >= 11 is 0. The summed E-state index contributed by atoms with van der Waals surface area (Å²) in [5, 5.41) is 0. The van der Waals surface area contributed by atoms with Gasteiger partial charge in [0, 0.05) is 13.2 Å². The topological polar surface area (TPSA) is 27.7 Å². The third-order valence-electron chi connectivity index (χ3n) is 1.77. The van der Waals surface area contributed by atoms with Gasteiger partial charge in [0.05, 0.1) is 0 Å². The van der Waals surface area contributed by atoms with E-state index in [0.29, 0.717) is 13.2 Å². The minimum atomic E-state index is -1.89. The minimum absolute atomic E-state index is 0.140. The molecule has 0 spiro atoms. The number of rotatable bonds is 7. The maximum absolute atomic E-state index is 6.22. The molecule has 0 unspecified atom stereocenters. The molecule has 0 N–H and O–H groups in total. The summed E-state index contributed by atoms with van der Waals surface area (Å²) in [6.45, 7) is 16.3. The molecule has 3 nitrogen and oxygen atoms in total. The van der Waals surface area contributed by atoms with Gasteiger partial charge in [-0.2, -0.15) is 0 Å². The van der Waals surface area contributed by atoms with Crippen molar-refractivity contribution in [3.05, 3.63) is 0 Å². The largest absolute Gasteiger partial charge is 0.453 e. The van der Waals surface area contributed by atoms with Gasteiger partial charge in [-0.15, -0.1) is 0 Å². The zero-order valence-electron chi connectivity index (χ0n) is 11.2. The second-order valence-electron chi connectivity index (χ2n) is 5.06. The Hall–Kier alpha value is 0.314. The van der Waals surface area contributed by atoms with Crippen molar-refractivity contribution in [3.8, 4) is 0 Å². The van der Waals surface area contributed by atoms with E-state index in [1.165, 1.54) is 0 Å². The Morgan fingerprint density at radius 2 is 1.27 bits per heavy atom. The van der Waals surface area contributed by atoms with Crippen LogP contribution in [0.3, 0.4) is 0 Å². The number of ether oxygens (including phenoxy) is 2. The molecule has 0 aromatic carbocycles. The summed E-state index contributed by atoms with van der Waals surface area (Å²) in [5.74, 6) is -0.140. The molecule has 0 bridgehead atoms. The van der Waals surface area contributed by atoms with Crippen molar-refractivity contribution in [1.29, 1.82) is 0 Å². The van der Waals surface area contributed by atoms with Crippen LogP contribution in [0.4, 0.5) is 0 Å². The van der Waals surface area contributed by atoms with Crippen molar-refractivity contribution in [1.82, 2.24) is 0 Å². The highest BCUT2D eigenvalue weighted by Crippen LogP contribution is 2.20. The first-order chi connectivity index (χ1) is 6.73. The molecular formula is C10H26O3Si2. The van der Waals surface area contributed by atoms with Crippen LogP contribution in [0.5, 0.6) is 0 Å². The monoisotopic (exact) mass is 250 g/mol. The lowest BCUT2D eigenvalue weighted by Crippen LogP contribution is -2.53. The lowest BCUT2D eigenvalue weighted by Gasteiger charge is -2.36. The van der Waals surface area contributed by atoms with Gasteiger partial charge in [0.1, 0.15) is 0 Å². The SMILES string of the molecule is CCOC(OCC)[Si](C)(C)O[Si](C)(C)C. The van der Waals surface area contributed by atoms with Crippen LogP contribution in [-0.4, -0.2) is 35.8 Å². The Bertz CT molecular complexity index is 172. The van der Waals surface area contributed by atoms with Gasteiger partial charge in [-0.1, -0.05) is 0 Å². The molecule has 0 heterocycles. The quantitative estimate of drug-likeness (QED) is 0.513. The molecule has 0 aromatic heterocycles. The molecule has 0 aliphatic rings. The van der Waals surface area contributed by atoms with E-state index in [1.807, 2.05) is 13.8 Å². The smallest absolute Gasteiger partial charge is 0.236 e. The van der Waals surface area contributed by atoms with Crippen LogP contribution < -0.4 is 0 Å². The van der Waals surface area contributed by atoms with E-state index in [9.17, 15) is 0 Å². The summed E-state index contributed by atoms with van der Waals surface area (Å²) in [6.07, 6.45) is 0. The van der Waals surface area contributed by atoms with Crippen molar-refractivity contribution in [2.75, 3.05) is 13.2 Å². The van der Waals surface area contributed by atoms with Gasteiger partial charge in [-0.25, -0.2) is 0 Å². The predicted octanol–water partition coefficient (Wildman–Crippen LogP) is 2.98. The van der Waals surface area contributed by atoms with E-state index < -0.39 is 16.6 Å². The second-order valence-corrected chi connectivity index (χ2v) is 13.8. The third kappa shape index (κ3) is 6.47. The van der Waals surface area contributed by atoms with Crippen molar-refractivity contribution in [2.24, 2.45) is 0 Å². The minimum Gasteiger partial charge on any atom is -0.453 e. The molecule has 0 fully saturated rings. The highest BCUT2D eigenvalue weighted by Gasteiger charge is 2.39. The summed E-state index contributed by atoms with van der Waals surface area (Å²) in [6, 6.07) is 0. The van der Waals surface area contributed by atoms with Crippen molar-refractivity contribution >= 4 is 16.6 Å². The van der Waals surface area contributed by atoms with Gasteiger partial charge in [0.15, 0.2) is 14.2 Å². The Labute approximate surface area is 96.4 Å². The lowest BCUT2D eigenvalue weighted by atomic mass is 10.8. The van der Waals surface area contributed by atoms with E-state index in [4.69, 9.17) is 13.6 Å². The Morgan fingerprint density at radius 1 is 0.867 bits per heavy atom. The predicted molar refractivity (Wildman–Crippen MR) is 69.0 cm³/mol. The molecule has 0 saturated heterocycles. The first-order valence-electron chi connectivity index (χ1n) is 5.66. The fourth-order valence-corrected chi connectivity index (χ4v) is 9.42. The summed E-state index contributed by atoms with van der Waals surface area (Å²) in [4.78, 5) is 0. The molecule has 0 radical (unpaired) electrons. The standard InChI is InChI=1S/C10H26O3Si2/c1-8-11-10(12-9-2)15(6,7)13-14(3,4)5/h10H,8-9H2,1-7H3. The number of hydrogen-bond donors (Lipinski definition) is 0. The van der Waals surface area contributed by atoms with Crippen LogP contribution in [0.2, 0.25) is 32.7 Å². The third-order valence-corrected chi connectivity index (χ3v) is 7.80. The van der Waals surface area contributed by atoms with Crippen molar-refractivity contribution < 1.29 is 13.6 Å². The van der Waals surface area contributed by atoms with Crippen LogP contribution in [-0.2, 0) is 13.6 Å². The van der Waals surface area contributed by atoms with Crippen LogP contribution in [0.1, 0.15) is 13.8 Å². The molecule has 92 valence electrons. The van der Waals surface area contributed by atoms with E-state index in [2.05, 4.69) is 32.7 Å². The highest BCUT2D eigenvalue weighted by molar-refractivity contribution is 6.84. The first kappa shape index (κ1) is 15.3. The lowest BCUT2D eigenvalue weighted by molar-refractivity contribution is -0.0945. The normalized spacial score (nSPS) is 13.6. The van der Waals surface area contributed by atoms with Gasteiger partial charge in [-0.3, -0.25) is 0 Å². The van der Waals surface area contributed by atoms with E-state index in [-0.39, 0.29) is 5.91 Å². The molecule has 0 saturated carbocycles. The Balaban J connectivity index is 4.47. The average molecular weight is 250 g/mol. The van der Waals surface area contributed by atoms with Gasteiger partial charge >= 0.3 is 0 Å². The fourth-order valence-electron chi connectivity index (χ4n) is 1.59. The summed E-state index contributed by atoms with van der Waals surface area (Å²) < 4.78 is 17.5. The molecule has 0 amide bonds. The van der Waals surface area contributed by atoms with Crippen LogP contribution in [0, 0.1) is 0 Å². The Morgan fingerprint density at radius 3 is 1.53 bits per heavy atom. The number of hydrogen-bond acceptors (Lipinski definition) is 3. The van der Waals surface area contributed by atoms with Gasteiger partial charge in [0.25, 0.3) is 0 Å². The molecule has 0 atom stereocenters. The summed E-state index contributed by atoms with van der Waals surface area (Å²) in [7, 11) is -3.40. The van der Waals surface area contributed by atoms with Crippen molar-refractivity contribution in [3.63, 3.8) is 0 Å². The molecule has 0 rings (SSSR count). The molecule has 0 aliphatic carbocycles. The van der Waals surface area contributed by atoms with E-state index >= 15 is 0 Å². The molecular weight excluding hydrogens is 224 g/mol. The van der Waals surface area contributed by atoms with E-state index in [0.717, 1.165) is 0 Å². The van der Waals surface area contributed by atoms with Gasteiger partial charge < -0.3 is 13.6 Å². The zero-order chi connectivity index (χ0) is 12.1. The van der Waals surface area contributed by atoms with Crippen LogP contribution >= 0.6 is 0 Å². The van der Waals surface area contributed by atoms with Gasteiger partial charge in [0.2, 0.25) is 8.32 Å². The molecule has 15 heavy (non-hydrogen) atoms. The fraction of sp³-hybridized carbons (Fsp3) is 1.00. The maximum Gasteiger partial charge on any atom is 0.236 e. The molecule has 0 aliphatic heterocycles. The molecule has 5 heteroatoms. The highest BCUT2D eigenvalue weighted by atomic mass is 28.4. The molecule has 0 aromatic rings. The zero-order valence-corrected chi connectivity index (χ0v) is 13.2. The van der Waals surface area contributed by atoms with Gasteiger partial charge in [-0.05, 0) is 46.6 Å². The van der Waals surface area contributed by atoms with Crippen LogP contribution in [0.15, 0.2) is 0 Å². The van der Waals surface area contributed by atoms with Crippen molar-refractivity contribution in [2.45, 2.75) is 52.5 Å². The van der Waals surface area contributed by atoms with E-state index in [1.54, 1.807) is 0 Å². The Kier molecular flexibility index (Phi) is 6.28. The first-order valence-corrected chi connectivity index (χ1v) is 12.1. The van der Waals surface area contributed by atoms with Crippen LogP contribution in [0.25, 0.3) is 0 Å². The second kappa shape index (κ2) is 6.15. The summed E-state index contributed by atoms with van der Waals surface area (Å²) in [5.41, 5.74) is 0. The average Bonchev–Trinajstić information content (AvgIpc) is 1.99.